The number of thioether (sulfide) groups is 1. The molecule has 1 aromatic rings. The van der Waals surface area contributed by atoms with Gasteiger partial charge in [-0.2, -0.15) is 0 Å². The second-order valence-corrected chi connectivity index (χ2v) is 4.44. The van der Waals surface area contributed by atoms with Crippen molar-refractivity contribution in [2.24, 2.45) is 0 Å². The van der Waals surface area contributed by atoms with Crippen molar-refractivity contribution in [3.63, 3.8) is 0 Å². The summed E-state index contributed by atoms with van der Waals surface area (Å²) in [6, 6.07) is 8.48. The molecule has 0 fully saturated rings. The number of benzene rings is 1. The van der Waals surface area contributed by atoms with E-state index in [1.807, 2.05) is 6.26 Å². The molecule has 13 heavy (non-hydrogen) atoms. The number of thiocarbonyl (C=S) groups is 1. The highest BCUT2D eigenvalue weighted by Gasteiger charge is 2.20. The summed E-state index contributed by atoms with van der Waals surface area (Å²) >= 11 is 6.92. The monoisotopic (exact) mass is 209 g/mol. The van der Waals surface area contributed by atoms with Crippen LogP contribution < -0.4 is 4.90 Å². The third-order valence-electron chi connectivity index (χ3n) is 2.28. The molecule has 1 nitrogen and oxygen atoms in total. The zero-order valence-corrected chi connectivity index (χ0v) is 9.12. The summed E-state index contributed by atoms with van der Waals surface area (Å²) in [7, 11) is 0. The van der Waals surface area contributed by atoms with Gasteiger partial charge in [0.05, 0.1) is 0 Å². The maximum atomic E-state index is 5.28. The predicted molar refractivity (Wildman–Crippen MR) is 63.6 cm³/mol. The molecule has 0 unspecified atom stereocenters. The first-order valence-corrected chi connectivity index (χ1v) is 5.89. The number of nitrogens with zero attached hydrogens (tertiary/aromatic N) is 1. The number of anilines is 1. The van der Waals surface area contributed by atoms with Crippen LogP contribution in [0.1, 0.15) is 5.56 Å². The fourth-order valence-electron chi connectivity index (χ4n) is 1.64. The van der Waals surface area contributed by atoms with Gasteiger partial charge < -0.3 is 4.90 Å². The Morgan fingerprint density at radius 1 is 1.46 bits per heavy atom. The molecule has 0 atom stereocenters. The van der Waals surface area contributed by atoms with Crippen LogP contribution in [0.25, 0.3) is 0 Å². The van der Waals surface area contributed by atoms with Crippen molar-refractivity contribution < 1.29 is 0 Å². The first-order chi connectivity index (χ1) is 6.33. The number of rotatable bonds is 0. The van der Waals surface area contributed by atoms with Crippen molar-refractivity contribution in [1.29, 1.82) is 0 Å². The van der Waals surface area contributed by atoms with E-state index in [0.717, 1.165) is 17.3 Å². The van der Waals surface area contributed by atoms with Crippen LogP contribution in [0.3, 0.4) is 0 Å². The first kappa shape index (κ1) is 9.03. The van der Waals surface area contributed by atoms with E-state index in [2.05, 4.69) is 29.2 Å². The van der Waals surface area contributed by atoms with Gasteiger partial charge in [0.25, 0.3) is 0 Å². The summed E-state index contributed by atoms with van der Waals surface area (Å²) in [6.45, 7) is 1.04. The lowest BCUT2D eigenvalue weighted by Crippen LogP contribution is -2.24. The Bertz CT molecular complexity index is 335. The molecule has 0 aromatic heterocycles. The van der Waals surface area contributed by atoms with E-state index in [0.29, 0.717) is 0 Å². The van der Waals surface area contributed by atoms with Crippen LogP contribution in [0.4, 0.5) is 5.69 Å². The average Bonchev–Trinajstić information content (AvgIpc) is 2.60. The summed E-state index contributed by atoms with van der Waals surface area (Å²) in [5, 5.41) is 0. The second-order valence-electron chi connectivity index (χ2n) is 3.00. The molecule has 0 N–H and O–H groups in total. The van der Waals surface area contributed by atoms with Gasteiger partial charge in [0, 0.05) is 12.2 Å². The Labute approximate surface area is 88.1 Å². The quantitative estimate of drug-likeness (QED) is 0.605. The summed E-state index contributed by atoms with van der Waals surface area (Å²) in [5.74, 6) is 0. The highest BCUT2D eigenvalue weighted by molar-refractivity contribution is 8.22. The molecule has 2 rings (SSSR count). The van der Waals surface area contributed by atoms with E-state index in [-0.39, 0.29) is 0 Å². The number of fused-ring (bicyclic) bond motifs is 1. The van der Waals surface area contributed by atoms with Crippen molar-refractivity contribution in [3.8, 4) is 0 Å². The predicted octanol–water partition coefficient (Wildman–Crippen LogP) is 2.70. The molecule has 0 bridgehead atoms. The van der Waals surface area contributed by atoms with Crippen LogP contribution in [-0.2, 0) is 6.42 Å². The molecule has 1 aliphatic rings. The molecular weight excluding hydrogens is 198 g/mol. The lowest BCUT2D eigenvalue weighted by molar-refractivity contribution is 1.04. The third-order valence-corrected chi connectivity index (χ3v) is 3.57. The third kappa shape index (κ3) is 1.58. The Kier molecular flexibility index (Phi) is 2.56. The minimum Gasteiger partial charge on any atom is -0.327 e. The molecule has 0 saturated heterocycles. The molecule has 1 aliphatic heterocycles. The van der Waals surface area contributed by atoms with Crippen molar-refractivity contribution in [2.75, 3.05) is 17.7 Å². The molecule has 68 valence electrons. The van der Waals surface area contributed by atoms with Crippen molar-refractivity contribution in [2.45, 2.75) is 6.42 Å². The van der Waals surface area contributed by atoms with E-state index < -0.39 is 0 Å². The van der Waals surface area contributed by atoms with Gasteiger partial charge in [-0.3, -0.25) is 0 Å². The first-order valence-electron chi connectivity index (χ1n) is 4.26. The number of hydrogen-bond acceptors (Lipinski definition) is 2. The lowest BCUT2D eigenvalue weighted by Gasteiger charge is -2.17. The summed E-state index contributed by atoms with van der Waals surface area (Å²) in [5.41, 5.74) is 2.71. The van der Waals surface area contributed by atoms with Gasteiger partial charge in [-0.05, 0) is 24.3 Å². The zero-order valence-electron chi connectivity index (χ0n) is 7.49. The smallest absolute Gasteiger partial charge is 0.140 e. The van der Waals surface area contributed by atoms with E-state index in [1.165, 1.54) is 11.3 Å². The maximum absolute atomic E-state index is 5.28. The number of para-hydroxylation sites is 1. The standard InChI is InChI=1S/C10H11NS2/c1-13-10(12)11-7-6-8-4-2-3-5-9(8)11/h2-5H,6-7H2,1H3. The number of hydrogen-bond donors (Lipinski definition) is 0. The van der Waals surface area contributed by atoms with Crippen LogP contribution in [-0.4, -0.2) is 17.1 Å². The van der Waals surface area contributed by atoms with Gasteiger partial charge in [0.1, 0.15) is 4.32 Å². The highest BCUT2D eigenvalue weighted by Crippen LogP contribution is 2.29. The Morgan fingerprint density at radius 2 is 2.23 bits per heavy atom. The summed E-state index contributed by atoms with van der Waals surface area (Å²) < 4.78 is 0.977. The van der Waals surface area contributed by atoms with E-state index in [4.69, 9.17) is 12.2 Å². The van der Waals surface area contributed by atoms with Crippen LogP contribution in [0, 0.1) is 0 Å². The molecule has 1 heterocycles. The van der Waals surface area contributed by atoms with E-state index >= 15 is 0 Å². The molecule has 3 heteroatoms. The second kappa shape index (κ2) is 3.68. The highest BCUT2D eigenvalue weighted by atomic mass is 32.2. The fraction of sp³-hybridized carbons (Fsp3) is 0.300. The van der Waals surface area contributed by atoms with Crippen LogP contribution in [0.15, 0.2) is 24.3 Å². The van der Waals surface area contributed by atoms with Gasteiger partial charge in [0.15, 0.2) is 0 Å². The summed E-state index contributed by atoms with van der Waals surface area (Å²) in [6.07, 6.45) is 3.15. The molecule has 1 aromatic carbocycles. The van der Waals surface area contributed by atoms with Crippen LogP contribution in [0.5, 0.6) is 0 Å². The molecule has 0 aliphatic carbocycles. The van der Waals surface area contributed by atoms with Crippen molar-refractivity contribution in [3.05, 3.63) is 29.8 Å². The van der Waals surface area contributed by atoms with E-state index in [1.54, 1.807) is 11.8 Å². The topological polar surface area (TPSA) is 3.24 Å². The molecule has 0 radical (unpaired) electrons. The minimum absolute atomic E-state index is 0.977. The van der Waals surface area contributed by atoms with Gasteiger partial charge in [-0.1, -0.05) is 30.4 Å². The van der Waals surface area contributed by atoms with Gasteiger partial charge >= 0.3 is 0 Å². The summed E-state index contributed by atoms with van der Waals surface area (Å²) in [4.78, 5) is 2.22. The normalized spacial score (nSPS) is 14.4. The van der Waals surface area contributed by atoms with Gasteiger partial charge in [0.2, 0.25) is 0 Å². The molecule has 0 saturated carbocycles. The Hall–Kier alpha value is -0.540. The zero-order chi connectivity index (χ0) is 9.26. The van der Waals surface area contributed by atoms with E-state index in [9.17, 15) is 0 Å². The largest absolute Gasteiger partial charge is 0.327 e. The van der Waals surface area contributed by atoms with Crippen LogP contribution in [0.2, 0.25) is 0 Å². The molecular formula is C10H11NS2. The van der Waals surface area contributed by atoms with Gasteiger partial charge in [-0.25, -0.2) is 0 Å². The van der Waals surface area contributed by atoms with Crippen molar-refractivity contribution in [1.82, 2.24) is 0 Å². The Morgan fingerprint density at radius 3 is 3.00 bits per heavy atom. The van der Waals surface area contributed by atoms with Gasteiger partial charge in [-0.15, -0.1) is 11.8 Å². The minimum atomic E-state index is 0.977. The maximum Gasteiger partial charge on any atom is 0.140 e. The average molecular weight is 209 g/mol. The van der Waals surface area contributed by atoms with Crippen LogP contribution >= 0.6 is 24.0 Å². The Balaban J connectivity index is 2.33. The molecule has 0 amide bonds. The van der Waals surface area contributed by atoms with Crippen molar-refractivity contribution >= 4 is 34.0 Å². The SMILES string of the molecule is CSC(=S)N1CCc2ccccc21. The fourth-order valence-corrected chi connectivity index (χ4v) is 2.24. The molecule has 0 spiro atoms. The lowest BCUT2D eigenvalue weighted by atomic mass is 10.2.